The van der Waals surface area contributed by atoms with E-state index in [1.807, 2.05) is 0 Å². The van der Waals surface area contributed by atoms with Gasteiger partial charge in [0.25, 0.3) is 5.69 Å². The van der Waals surface area contributed by atoms with Crippen LogP contribution in [0.5, 0.6) is 0 Å². The maximum absolute atomic E-state index is 10.5. The maximum Gasteiger partial charge on any atom is 0.271 e. The molecule has 0 aliphatic heterocycles. The molecule has 1 heterocycles. The second-order valence-corrected chi connectivity index (χ2v) is 2.71. The molecule has 1 N–H and O–H groups in total. The Hall–Kier alpha value is -2.44. The third-order valence-electron chi connectivity index (χ3n) is 1.77. The third-order valence-corrected chi connectivity index (χ3v) is 1.77. The highest BCUT2D eigenvalue weighted by atomic mass is 16.6. The van der Waals surface area contributed by atoms with Crippen molar-refractivity contribution in [2.24, 2.45) is 5.16 Å². The van der Waals surface area contributed by atoms with E-state index >= 15 is 0 Å². The van der Waals surface area contributed by atoms with Gasteiger partial charge in [0.15, 0.2) is 5.58 Å². The molecule has 7 nitrogen and oxygen atoms in total. The molecule has 2 aromatic rings. The Morgan fingerprint density at radius 3 is 3.07 bits per heavy atom. The van der Waals surface area contributed by atoms with Gasteiger partial charge in [-0.2, -0.15) is 0 Å². The van der Waals surface area contributed by atoms with Crippen LogP contribution in [0.1, 0.15) is 5.89 Å². The summed E-state index contributed by atoms with van der Waals surface area (Å²) in [5.41, 5.74) is 0.679. The van der Waals surface area contributed by atoms with Crippen LogP contribution in [0.25, 0.3) is 11.1 Å². The summed E-state index contributed by atoms with van der Waals surface area (Å²) in [6, 6.07) is 4.04. The van der Waals surface area contributed by atoms with E-state index < -0.39 is 4.92 Å². The first-order valence-corrected chi connectivity index (χ1v) is 3.93. The predicted octanol–water partition coefficient (Wildman–Crippen LogP) is 1.54. The molecule has 0 bridgehead atoms. The average Bonchev–Trinajstić information content (AvgIpc) is 2.59. The molecule has 0 spiro atoms. The second kappa shape index (κ2) is 3.37. The number of nitro groups is 1. The fourth-order valence-corrected chi connectivity index (χ4v) is 1.15. The van der Waals surface area contributed by atoms with Crippen molar-refractivity contribution in [2.45, 2.75) is 0 Å². The molecule has 7 heteroatoms. The lowest BCUT2D eigenvalue weighted by Gasteiger charge is -1.88. The van der Waals surface area contributed by atoms with Crippen LogP contribution in [0, 0.1) is 10.1 Å². The zero-order valence-electron chi connectivity index (χ0n) is 7.32. The van der Waals surface area contributed by atoms with Gasteiger partial charge in [-0.25, -0.2) is 4.98 Å². The maximum atomic E-state index is 10.5. The van der Waals surface area contributed by atoms with Gasteiger partial charge in [-0.15, -0.1) is 0 Å². The molecular formula is C8H5N3O4. The summed E-state index contributed by atoms with van der Waals surface area (Å²) in [7, 11) is 0. The molecule has 0 aliphatic carbocycles. The Labute approximate surface area is 82.8 Å². The lowest BCUT2D eigenvalue weighted by molar-refractivity contribution is -0.384. The van der Waals surface area contributed by atoms with Gasteiger partial charge in [-0.05, 0) is 6.07 Å². The van der Waals surface area contributed by atoms with E-state index in [4.69, 9.17) is 9.62 Å². The first kappa shape index (κ1) is 9.13. The molecule has 0 saturated heterocycles. The standard InChI is InChI=1S/C8H5N3O4/c12-9-4-8-10-6-3-5(11(13)14)1-2-7(6)15-8/h1-4,12H. The van der Waals surface area contributed by atoms with Crippen LogP contribution in [0.4, 0.5) is 5.69 Å². The fraction of sp³-hybridized carbons (Fsp3) is 0. The molecular weight excluding hydrogens is 202 g/mol. The van der Waals surface area contributed by atoms with Crippen molar-refractivity contribution in [3.8, 4) is 0 Å². The van der Waals surface area contributed by atoms with Crippen molar-refractivity contribution in [1.29, 1.82) is 0 Å². The zero-order chi connectivity index (χ0) is 10.8. The molecule has 0 fully saturated rings. The molecule has 0 amide bonds. The number of non-ortho nitro benzene ring substituents is 1. The molecule has 0 atom stereocenters. The Morgan fingerprint density at radius 1 is 1.60 bits per heavy atom. The van der Waals surface area contributed by atoms with E-state index in [1.165, 1.54) is 18.2 Å². The highest BCUT2D eigenvalue weighted by Crippen LogP contribution is 2.20. The normalized spacial score (nSPS) is 11.2. The largest absolute Gasteiger partial charge is 0.435 e. The van der Waals surface area contributed by atoms with Gasteiger partial charge in [0.2, 0.25) is 5.89 Å². The Balaban J connectivity index is 2.56. The molecule has 76 valence electrons. The molecule has 1 aromatic carbocycles. The number of benzene rings is 1. The van der Waals surface area contributed by atoms with Crippen molar-refractivity contribution in [1.82, 2.24) is 4.98 Å². The van der Waals surface area contributed by atoms with E-state index in [2.05, 4.69) is 10.1 Å². The minimum absolute atomic E-state index is 0.0664. The number of rotatable bonds is 2. The number of fused-ring (bicyclic) bond motifs is 1. The van der Waals surface area contributed by atoms with Crippen LogP contribution in [0.3, 0.4) is 0 Å². The summed E-state index contributed by atoms with van der Waals surface area (Å²) in [6.45, 7) is 0. The molecule has 0 aliphatic rings. The molecule has 2 rings (SSSR count). The fourth-order valence-electron chi connectivity index (χ4n) is 1.15. The van der Waals surface area contributed by atoms with Crippen molar-refractivity contribution >= 4 is 23.0 Å². The monoisotopic (exact) mass is 207 g/mol. The smallest absolute Gasteiger partial charge is 0.271 e. The summed E-state index contributed by atoms with van der Waals surface area (Å²) < 4.78 is 5.10. The van der Waals surface area contributed by atoms with Crippen LogP contribution in [0.2, 0.25) is 0 Å². The zero-order valence-corrected chi connectivity index (χ0v) is 7.32. The van der Waals surface area contributed by atoms with Crippen LogP contribution in [-0.4, -0.2) is 21.3 Å². The van der Waals surface area contributed by atoms with Gasteiger partial charge < -0.3 is 9.62 Å². The van der Waals surface area contributed by atoms with Gasteiger partial charge in [0.05, 0.1) is 4.92 Å². The number of hydrogen-bond donors (Lipinski definition) is 1. The van der Waals surface area contributed by atoms with E-state index in [0.29, 0.717) is 11.1 Å². The molecule has 0 saturated carbocycles. The highest BCUT2D eigenvalue weighted by Gasteiger charge is 2.10. The van der Waals surface area contributed by atoms with Gasteiger partial charge in [0.1, 0.15) is 11.7 Å². The quantitative estimate of drug-likeness (QED) is 0.348. The van der Waals surface area contributed by atoms with Crippen LogP contribution >= 0.6 is 0 Å². The van der Waals surface area contributed by atoms with Gasteiger partial charge in [0, 0.05) is 12.1 Å². The first-order valence-electron chi connectivity index (χ1n) is 3.93. The van der Waals surface area contributed by atoms with E-state index in [9.17, 15) is 10.1 Å². The Bertz CT molecular complexity index is 546. The highest BCUT2D eigenvalue weighted by molar-refractivity contribution is 5.82. The van der Waals surface area contributed by atoms with E-state index in [0.717, 1.165) is 6.21 Å². The number of oxime groups is 1. The van der Waals surface area contributed by atoms with Crippen molar-refractivity contribution in [3.63, 3.8) is 0 Å². The van der Waals surface area contributed by atoms with Crippen molar-refractivity contribution < 1.29 is 14.5 Å². The predicted molar refractivity (Wildman–Crippen MR) is 50.0 cm³/mol. The first-order chi connectivity index (χ1) is 7.20. The molecule has 0 unspecified atom stereocenters. The summed E-state index contributed by atoms with van der Waals surface area (Å²) in [5, 5.41) is 21.5. The SMILES string of the molecule is O=[N+]([O-])c1ccc2oc(C=NO)nc2c1. The molecule has 15 heavy (non-hydrogen) atoms. The van der Waals surface area contributed by atoms with Crippen LogP contribution in [-0.2, 0) is 0 Å². The Morgan fingerprint density at radius 2 is 2.40 bits per heavy atom. The van der Waals surface area contributed by atoms with Crippen molar-refractivity contribution in [3.05, 3.63) is 34.2 Å². The minimum Gasteiger partial charge on any atom is -0.435 e. The summed E-state index contributed by atoms with van der Waals surface area (Å²) in [6.07, 6.45) is 1.01. The van der Waals surface area contributed by atoms with Gasteiger partial charge in [-0.3, -0.25) is 10.1 Å². The number of nitro benzene ring substituents is 1. The summed E-state index contributed by atoms with van der Waals surface area (Å²) in [4.78, 5) is 13.8. The minimum atomic E-state index is -0.520. The van der Waals surface area contributed by atoms with Gasteiger partial charge >= 0.3 is 0 Å². The Kier molecular flexibility index (Phi) is 2.05. The van der Waals surface area contributed by atoms with Gasteiger partial charge in [-0.1, -0.05) is 5.16 Å². The van der Waals surface area contributed by atoms with E-state index in [1.54, 1.807) is 0 Å². The summed E-state index contributed by atoms with van der Waals surface area (Å²) >= 11 is 0. The van der Waals surface area contributed by atoms with E-state index in [-0.39, 0.29) is 11.6 Å². The number of hydrogen-bond acceptors (Lipinski definition) is 6. The molecule has 0 radical (unpaired) electrons. The number of oxazole rings is 1. The number of nitrogens with zero attached hydrogens (tertiary/aromatic N) is 3. The third kappa shape index (κ3) is 1.62. The molecule has 1 aromatic heterocycles. The lowest BCUT2D eigenvalue weighted by Crippen LogP contribution is -1.86. The second-order valence-electron chi connectivity index (χ2n) is 2.71. The van der Waals surface area contributed by atoms with Crippen LogP contribution < -0.4 is 0 Å². The topological polar surface area (TPSA) is 102 Å². The summed E-state index contributed by atoms with van der Waals surface area (Å²) in [5.74, 6) is 0.0907. The average molecular weight is 207 g/mol. The van der Waals surface area contributed by atoms with Crippen LogP contribution in [0.15, 0.2) is 27.8 Å². The number of aromatic nitrogens is 1. The van der Waals surface area contributed by atoms with Crippen molar-refractivity contribution in [2.75, 3.05) is 0 Å². The lowest BCUT2D eigenvalue weighted by atomic mass is 10.3.